The average molecular weight is 352 g/mol. The van der Waals surface area contributed by atoms with Crippen molar-refractivity contribution in [3.63, 3.8) is 0 Å². The fourth-order valence-corrected chi connectivity index (χ4v) is 3.27. The highest BCUT2D eigenvalue weighted by Crippen LogP contribution is 2.37. The molecule has 1 unspecified atom stereocenters. The molecule has 0 radical (unpaired) electrons. The van der Waals surface area contributed by atoms with Crippen molar-refractivity contribution in [1.29, 1.82) is 0 Å². The molecule has 1 aromatic carbocycles. The van der Waals surface area contributed by atoms with Crippen LogP contribution in [0.15, 0.2) is 18.2 Å². The van der Waals surface area contributed by atoms with Crippen molar-refractivity contribution in [3.8, 4) is 11.5 Å². The first-order valence-corrected chi connectivity index (χ1v) is 8.22. The van der Waals surface area contributed by atoms with Crippen LogP contribution in [0.5, 0.6) is 11.5 Å². The number of esters is 1. The Morgan fingerprint density at radius 1 is 1.17 bits per heavy atom. The predicted molar refractivity (Wildman–Crippen MR) is 91.1 cm³/mol. The van der Waals surface area contributed by atoms with Crippen LogP contribution in [0.4, 0.5) is 0 Å². The van der Waals surface area contributed by atoms with Gasteiger partial charge in [0.05, 0.1) is 32.1 Å². The van der Waals surface area contributed by atoms with Crippen molar-refractivity contribution in [3.05, 3.63) is 23.1 Å². The summed E-state index contributed by atoms with van der Waals surface area (Å²) < 4.78 is 16.1. The fraction of sp³-hybridized carbons (Fsp3) is 0.412. The second-order valence-corrected chi connectivity index (χ2v) is 6.53. The lowest BCUT2D eigenvalue weighted by atomic mass is 9.99. The third-order valence-electron chi connectivity index (χ3n) is 3.52. The lowest BCUT2D eigenvalue weighted by Crippen LogP contribution is -2.39. The predicted octanol–water partition coefficient (Wildman–Crippen LogP) is 2.81. The maximum Gasteiger partial charge on any atom is 0.338 e. The minimum atomic E-state index is -1.85. The van der Waals surface area contributed by atoms with Crippen LogP contribution in [0.1, 0.15) is 29.9 Å². The summed E-state index contributed by atoms with van der Waals surface area (Å²) in [5.74, 6) is 0.0136. The second-order valence-electron chi connectivity index (χ2n) is 5.45. The number of fused-ring (bicyclic) bond motifs is 1. The number of ether oxygens (including phenoxy) is 3. The Morgan fingerprint density at radius 2 is 1.79 bits per heavy atom. The van der Waals surface area contributed by atoms with Gasteiger partial charge in [0.15, 0.2) is 22.9 Å². The van der Waals surface area contributed by atoms with Crippen LogP contribution >= 0.6 is 11.3 Å². The van der Waals surface area contributed by atoms with Crippen LogP contribution in [-0.4, -0.2) is 43.3 Å². The number of rotatable bonds is 7. The number of aliphatic hydroxyl groups is 1. The van der Waals surface area contributed by atoms with E-state index in [2.05, 4.69) is 0 Å². The Bertz CT molecular complexity index is 721. The molecule has 0 saturated carbocycles. The Labute approximate surface area is 143 Å². The number of hydrogen-bond acceptors (Lipinski definition) is 7. The van der Waals surface area contributed by atoms with Gasteiger partial charge in [-0.15, -0.1) is 11.3 Å². The van der Waals surface area contributed by atoms with Crippen molar-refractivity contribution >= 4 is 33.2 Å². The van der Waals surface area contributed by atoms with Crippen LogP contribution in [-0.2, 0) is 9.53 Å². The molecule has 0 fully saturated rings. The fourth-order valence-electron chi connectivity index (χ4n) is 2.26. The van der Waals surface area contributed by atoms with Gasteiger partial charge in [0.1, 0.15) is 0 Å². The third-order valence-corrected chi connectivity index (χ3v) is 4.66. The molecule has 6 nitrogen and oxygen atoms in total. The molecule has 1 atom stereocenters. The smallest absolute Gasteiger partial charge is 0.338 e. The highest BCUT2D eigenvalue weighted by atomic mass is 32.1. The summed E-state index contributed by atoms with van der Waals surface area (Å²) in [6.45, 7) is 3.07. The quantitative estimate of drug-likeness (QED) is 0.609. The first-order valence-electron chi connectivity index (χ1n) is 7.40. The van der Waals surface area contributed by atoms with Gasteiger partial charge in [0, 0.05) is 10.8 Å². The molecule has 1 N–H and O–H groups in total. The number of carbonyl (C=O) groups is 2. The Kier molecular flexibility index (Phi) is 5.46. The lowest BCUT2D eigenvalue weighted by molar-refractivity contribution is -0.162. The molecule has 1 aromatic heterocycles. The van der Waals surface area contributed by atoms with E-state index >= 15 is 0 Å². The highest BCUT2D eigenvalue weighted by molar-refractivity contribution is 7.20. The highest BCUT2D eigenvalue weighted by Gasteiger charge is 2.35. The number of thiophene rings is 1. The van der Waals surface area contributed by atoms with Gasteiger partial charge in [0.25, 0.3) is 0 Å². The van der Waals surface area contributed by atoms with Crippen molar-refractivity contribution in [2.24, 2.45) is 0 Å². The molecule has 0 spiro atoms. The molecule has 0 aliphatic heterocycles. The molecule has 2 aromatic rings. The van der Waals surface area contributed by atoms with Gasteiger partial charge in [-0.2, -0.15) is 0 Å². The largest absolute Gasteiger partial charge is 0.493 e. The zero-order valence-corrected chi connectivity index (χ0v) is 14.9. The van der Waals surface area contributed by atoms with Gasteiger partial charge in [-0.25, -0.2) is 4.79 Å². The number of carbonyl (C=O) groups excluding carboxylic acids is 2. The lowest BCUT2D eigenvalue weighted by Gasteiger charge is -2.19. The molecule has 0 saturated heterocycles. The van der Waals surface area contributed by atoms with Gasteiger partial charge >= 0.3 is 5.97 Å². The summed E-state index contributed by atoms with van der Waals surface area (Å²) in [4.78, 5) is 24.6. The molecule has 2 rings (SSSR count). The van der Waals surface area contributed by atoms with E-state index < -0.39 is 11.6 Å². The summed E-state index contributed by atoms with van der Waals surface area (Å²) in [5.41, 5.74) is -1.85. The molecule has 0 amide bonds. The van der Waals surface area contributed by atoms with Crippen molar-refractivity contribution in [2.45, 2.75) is 25.9 Å². The van der Waals surface area contributed by atoms with E-state index in [0.29, 0.717) is 16.4 Å². The van der Waals surface area contributed by atoms with Crippen molar-refractivity contribution < 1.29 is 28.9 Å². The molecule has 24 heavy (non-hydrogen) atoms. The molecule has 7 heteroatoms. The van der Waals surface area contributed by atoms with E-state index in [-0.39, 0.29) is 18.8 Å². The van der Waals surface area contributed by atoms with E-state index in [1.807, 2.05) is 0 Å². The zero-order valence-electron chi connectivity index (χ0n) is 14.0. The van der Waals surface area contributed by atoms with E-state index in [0.717, 1.165) is 10.1 Å². The molecule has 0 aliphatic carbocycles. The Morgan fingerprint density at radius 3 is 2.38 bits per heavy atom. The normalized spacial score (nSPS) is 13.4. The number of benzene rings is 1. The number of methoxy groups -OCH3 is 2. The SMILES string of the molecule is CCOC(=O)C(C)(O)CC(=O)c1cc2cc(OC)c(OC)cc2s1. The molecule has 130 valence electrons. The molecule has 0 bridgehead atoms. The van der Waals surface area contributed by atoms with Crippen molar-refractivity contribution in [2.75, 3.05) is 20.8 Å². The van der Waals surface area contributed by atoms with Gasteiger partial charge < -0.3 is 19.3 Å². The van der Waals surface area contributed by atoms with Crippen LogP contribution in [0.25, 0.3) is 10.1 Å². The minimum Gasteiger partial charge on any atom is -0.493 e. The van der Waals surface area contributed by atoms with Gasteiger partial charge in [0.2, 0.25) is 0 Å². The minimum absolute atomic E-state index is 0.144. The van der Waals surface area contributed by atoms with E-state index in [9.17, 15) is 14.7 Å². The Balaban J connectivity index is 2.28. The second kappa shape index (κ2) is 7.19. The molecular weight excluding hydrogens is 332 g/mol. The molecule has 0 aliphatic rings. The summed E-state index contributed by atoms with van der Waals surface area (Å²) in [7, 11) is 3.08. The van der Waals surface area contributed by atoms with E-state index in [4.69, 9.17) is 14.2 Å². The van der Waals surface area contributed by atoms with Crippen molar-refractivity contribution in [1.82, 2.24) is 0 Å². The monoisotopic (exact) mass is 352 g/mol. The van der Waals surface area contributed by atoms with Gasteiger partial charge in [-0.05, 0) is 31.4 Å². The molecular formula is C17H20O6S. The summed E-state index contributed by atoms with van der Waals surface area (Å²) in [6.07, 6.45) is -0.340. The summed E-state index contributed by atoms with van der Waals surface area (Å²) in [6, 6.07) is 5.29. The standard InChI is InChI=1S/C17H20O6S/c1-5-23-16(19)17(2,20)9-11(18)15-7-10-6-12(21-3)13(22-4)8-14(10)24-15/h6-8,20H,5,9H2,1-4H3. The Hall–Kier alpha value is -2.12. The topological polar surface area (TPSA) is 82.1 Å². The summed E-state index contributed by atoms with van der Waals surface area (Å²) in [5, 5.41) is 11.0. The first kappa shape index (κ1) is 18.2. The van der Waals surface area contributed by atoms with E-state index in [1.165, 1.54) is 18.3 Å². The van der Waals surface area contributed by atoms with Crippen LogP contribution in [0, 0.1) is 0 Å². The van der Waals surface area contributed by atoms with Crippen LogP contribution in [0.3, 0.4) is 0 Å². The van der Waals surface area contributed by atoms with Gasteiger partial charge in [-0.3, -0.25) is 4.79 Å². The number of ketones is 1. The number of hydrogen-bond donors (Lipinski definition) is 1. The van der Waals surface area contributed by atoms with Crippen LogP contribution in [0.2, 0.25) is 0 Å². The third kappa shape index (κ3) is 3.68. The molecule has 1 heterocycles. The maximum absolute atomic E-state index is 12.4. The number of Topliss-reactive ketones (excluding diaryl/α,β-unsaturated/α-hetero) is 1. The maximum atomic E-state index is 12.4. The first-order chi connectivity index (χ1) is 11.3. The zero-order chi connectivity index (χ0) is 17.9. The average Bonchev–Trinajstić information content (AvgIpc) is 2.96. The van der Waals surface area contributed by atoms with Crippen LogP contribution < -0.4 is 9.47 Å². The summed E-state index contributed by atoms with van der Waals surface area (Å²) >= 11 is 1.27. The van der Waals surface area contributed by atoms with Gasteiger partial charge in [-0.1, -0.05) is 0 Å². The van der Waals surface area contributed by atoms with E-state index in [1.54, 1.807) is 39.3 Å².